The zero-order valence-corrected chi connectivity index (χ0v) is 65.3. The summed E-state index contributed by atoms with van der Waals surface area (Å²) in [6, 6.07) is 0. The minimum absolute atomic E-state index is 0.106. The SMILES string of the molecule is CCCCCCCCCCCCCCC(=O)OC[C@H](COP(=O)(O)OC[C@H](O)COP(=O)(O)OC[C@@H](COC(=O)CCCCCCCCCCCCCC(C)C)OC(=O)CCCCCCCCCCCCCCCCC(C)C)OC(=O)CCCCCCCCCCCCC(C)CC. The van der Waals surface area contributed by atoms with E-state index in [1.807, 2.05) is 0 Å². The topological polar surface area (TPSA) is 237 Å². The number of aliphatic hydroxyl groups excluding tert-OH is 1. The van der Waals surface area contributed by atoms with E-state index in [0.29, 0.717) is 25.7 Å². The third kappa shape index (κ3) is 70.9. The highest BCUT2D eigenvalue weighted by Crippen LogP contribution is 2.45. The van der Waals surface area contributed by atoms with Gasteiger partial charge in [0, 0.05) is 25.7 Å². The molecule has 0 saturated carbocycles. The molecule has 0 fully saturated rings. The summed E-state index contributed by atoms with van der Waals surface area (Å²) in [6.07, 6.45) is 55.2. The molecule has 0 aromatic heterocycles. The Morgan fingerprint density at radius 2 is 0.526 bits per heavy atom. The van der Waals surface area contributed by atoms with Gasteiger partial charge in [-0.2, -0.15) is 0 Å². The lowest BCUT2D eigenvalue weighted by molar-refractivity contribution is -0.161. The fourth-order valence-corrected chi connectivity index (χ4v) is 13.5. The Hall–Kier alpha value is -1.94. The highest BCUT2D eigenvalue weighted by atomic mass is 31.2. The molecule has 0 saturated heterocycles. The maximum atomic E-state index is 13.1. The number of hydrogen-bond acceptors (Lipinski definition) is 15. The molecule has 0 aromatic rings. The number of carbonyl (C=O) groups is 4. The van der Waals surface area contributed by atoms with E-state index in [1.165, 1.54) is 212 Å². The van der Waals surface area contributed by atoms with Crippen LogP contribution in [0.5, 0.6) is 0 Å². The normalized spacial score (nSPS) is 14.3. The lowest BCUT2D eigenvalue weighted by Gasteiger charge is -2.21. The smallest absolute Gasteiger partial charge is 0.462 e. The third-order valence-corrected chi connectivity index (χ3v) is 20.4. The van der Waals surface area contributed by atoms with Crippen LogP contribution >= 0.6 is 15.6 Å². The number of rotatable bonds is 76. The Morgan fingerprint density at radius 1 is 0.299 bits per heavy atom. The lowest BCUT2D eigenvalue weighted by Crippen LogP contribution is -2.30. The van der Waals surface area contributed by atoms with Crippen LogP contribution in [0.1, 0.15) is 402 Å². The first kappa shape index (κ1) is 95.1. The standard InChI is InChI=1S/C78H152O17P2/c1-8-10-11-12-13-14-15-23-31-38-45-52-59-75(80)88-66-74(95-78(83)62-55-48-41-34-27-26-30-37-44-51-58-71(7)9-2)68-93-97(86,87)91-64-72(79)63-90-96(84,85)92-67-73(65-89-76(81)60-53-46-39-32-25-20-22-29-36-43-50-57-70(5)6)94-77(82)61-54-47-40-33-24-19-17-16-18-21-28-35-42-49-56-69(3)4/h69-74,79H,8-68H2,1-7H3,(H,84,85)(H,86,87)/t71?,72-,73-,74-/m1/s1. The van der Waals surface area contributed by atoms with Crippen molar-refractivity contribution in [2.45, 2.75) is 420 Å². The highest BCUT2D eigenvalue weighted by Gasteiger charge is 2.30. The molecule has 0 aliphatic rings. The van der Waals surface area contributed by atoms with E-state index in [1.54, 1.807) is 0 Å². The van der Waals surface area contributed by atoms with Crippen molar-refractivity contribution < 1.29 is 80.2 Å². The van der Waals surface area contributed by atoms with Gasteiger partial charge >= 0.3 is 39.5 Å². The van der Waals surface area contributed by atoms with Crippen LogP contribution in [0.4, 0.5) is 0 Å². The summed E-state index contributed by atoms with van der Waals surface area (Å²) >= 11 is 0. The molecular formula is C78H152O17P2. The van der Waals surface area contributed by atoms with Crippen molar-refractivity contribution in [2.75, 3.05) is 39.6 Å². The van der Waals surface area contributed by atoms with Gasteiger partial charge in [0.1, 0.15) is 19.3 Å². The van der Waals surface area contributed by atoms with Gasteiger partial charge in [-0.15, -0.1) is 0 Å². The van der Waals surface area contributed by atoms with Crippen LogP contribution in [0.25, 0.3) is 0 Å². The van der Waals surface area contributed by atoms with Gasteiger partial charge in [-0.25, -0.2) is 9.13 Å². The van der Waals surface area contributed by atoms with Gasteiger partial charge in [0.25, 0.3) is 0 Å². The molecule has 0 aliphatic heterocycles. The average Bonchev–Trinajstić information content (AvgIpc) is 1.28. The molecule has 0 rings (SSSR count). The molecule has 3 N–H and O–H groups in total. The summed E-state index contributed by atoms with van der Waals surface area (Å²) in [6.45, 7) is 12.0. The Morgan fingerprint density at radius 3 is 0.784 bits per heavy atom. The molecule has 0 spiro atoms. The summed E-state index contributed by atoms with van der Waals surface area (Å²) < 4.78 is 68.6. The number of unbranched alkanes of at least 4 members (excludes halogenated alkanes) is 43. The molecular weight excluding hydrogens is 1270 g/mol. The van der Waals surface area contributed by atoms with Gasteiger partial charge in [-0.3, -0.25) is 37.3 Å². The molecule has 0 amide bonds. The largest absolute Gasteiger partial charge is 0.472 e. The summed E-state index contributed by atoms with van der Waals surface area (Å²) in [5.41, 5.74) is 0. The predicted octanol–water partition coefficient (Wildman–Crippen LogP) is 23.0. The van der Waals surface area contributed by atoms with Crippen LogP contribution in [-0.4, -0.2) is 96.7 Å². The molecule has 0 bridgehead atoms. The van der Waals surface area contributed by atoms with Gasteiger partial charge < -0.3 is 33.8 Å². The van der Waals surface area contributed by atoms with Crippen LogP contribution in [0.3, 0.4) is 0 Å². The highest BCUT2D eigenvalue weighted by molar-refractivity contribution is 7.47. The number of aliphatic hydroxyl groups is 1. The van der Waals surface area contributed by atoms with Crippen molar-refractivity contribution in [2.24, 2.45) is 17.8 Å². The Bertz CT molecular complexity index is 1890. The van der Waals surface area contributed by atoms with Gasteiger partial charge in [0.15, 0.2) is 12.2 Å². The maximum absolute atomic E-state index is 13.1. The molecule has 17 nitrogen and oxygen atoms in total. The van der Waals surface area contributed by atoms with Crippen molar-refractivity contribution in [1.82, 2.24) is 0 Å². The molecule has 97 heavy (non-hydrogen) atoms. The van der Waals surface area contributed by atoms with Crippen molar-refractivity contribution in [1.29, 1.82) is 0 Å². The first-order chi connectivity index (χ1) is 46.8. The summed E-state index contributed by atoms with van der Waals surface area (Å²) in [7, 11) is -9.92. The van der Waals surface area contributed by atoms with Crippen molar-refractivity contribution in [3.8, 4) is 0 Å². The fourth-order valence-electron chi connectivity index (χ4n) is 11.9. The zero-order chi connectivity index (χ0) is 71.6. The summed E-state index contributed by atoms with van der Waals surface area (Å²) in [5, 5.41) is 10.6. The van der Waals surface area contributed by atoms with Gasteiger partial charge in [0.05, 0.1) is 26.4 Å². The number of phosphoric ester groups is 2. The van der Waals surface area contributed by atoms with Gasteiger partial charge in [-0.05, 0) is 43.4 Å². The average molecular weight is 1420 g/mol. The van der Waals surface area contributed by atoms with Crippen molar-refractivity contribution in [3.63, 3.8) is 0 Å². The zero-order valence-electron chi connectivity index (χ0n) is 63.5. The molecule has 6 atom stereocenters. The number of ether oxygens (including phenoxy) is 4. The second kappa shape index (κ2) is 68.5. The van der Waals surface area contributed by atoms with Gasteiger partial charge in [0.2, 0.25) is 0 Å². The minimum Gasteiger partial charge on any atom is -0.462 e. The van der Waals surface area contributed by atoms with Crippen LogP contribution in [0.15, 0.2) is 0 Å². The van der Waals surface area contributed by atoms with E-state index >= 15 is 0 Å². The van der Waals surface area contributed by atoms with E-state index in [-0.39, 0.29) is 25.7 Å². The quantitative estimate of drug-likeness (QED) is 0.0222. The molecule has 0 aliphatic carbocycles. The van der Waals surface area contributed by atoms with E-state index in [0.717, 1.165) is 108 Å². The number of hydrogen-bond donors (Lipinski definition) is 3. The van der Waals surface area contributed by atoms with Crippen LogP contribution in [0.2, 0.25) is 0 Å². The molecule has 3 unspecified atom stereocenters. The van der Waals surface area contributed by atoms with E-state index in [9.17, 15) is 43.2 Å². The van der Waals surface area contributed by atoms with Crippen molar-refractivity contribution in [3.05, 3.63) is 0 Å². The molecule has 19 heteroatoms. The lowest BCUT2D eigenvalue weighted by atomic mass is 9.99. The Balaban J connectivity index is 5.27. The Kier molecular flexibility index (Phi) is 67.1. The first-order valence-electron chi connectivity index (χ1n) is 40.4. The predicted molar refractivity (Wildman–Crippen MR) is 395 cm³/mol. The monoisotopic (exact) mass is 1420 g/mol. The Labute approximate surface area is 594 Å². The summed E-state index contributed by atoms with van der Waals surface area (Å²) in [5.74, 6) is 0.256. The second-order valence-electron chi connectivity index (χ2n) is 29.3. The van der Waals surface area contributed by atoms with Crippen LogP contribution < -0.4 is 0 Å². The maximum Gasteiger partial charge on any atom is 0.472 e. The van der Waals surface area contributed by atoms with E-state index in [2.05, 4.69) is 48.5 Å². The van der Waals surface area contributed by atoms with Crippen LogP contribution in [-0.2, 0) is 65.4 Å². The van der Waals surface area contributed by atoms with E-state index in [4.69, 9.17) is 37.0 Å². The minimum atomic E-state index is -4.96. The van der Waals surface area contributed by atoms with Crippen LogP contribution in [0, 0.1) is 17.8 Å². The van der Waals surface area contributed by atoms with Crippen molar-refractivity contribution >= 4 is 39.5 Å². The second-order valence-corrected chi connectivity index (χ2v) is 32.2. The molecule has 0 aromatic carbocycles. The number of esters is 4. The third-order valence-electron chi connectivity index (χ3n) is 18.5. The van der Waals surface area contributed by atoms with E-state index < -0.39 is 97.5 Å². The molecule has 0 heterocycles. The first-order valence-corrected chi connectivity index (χ1v) is 43.4. The molecule has 0 radical (unpaired) electrons. The number of phosphoric acid groups is 2. The molecule has 576 valence electrons. The summed E-state index contributed by atoms with van der Waals surface area (Å²) in [4.78, 5) is 72.9. The fraction of sp³-hybridized carbons (Fsp3) is 0.949. The number of carbonyl (C=O) groups excluding carboxylic acids is 4. The van der Waals surface area contributed by atoms with Gasteiger partial charge in [-0.1, -0.05) is 350 Å².